The Kier molecular flexibility index (Phi) is 7.87. The minimum atomic E-state index is -0.302. The lowest BCUT2D eigenvalue weighted by Gasteiger charge is -2.33. The van der Waals surface area contributed by atoms with Crippen LogP contribution in [0.2, 0.25) is 5.02 Å². The largest absolute Gasteiger partial charge is 0.453 e. The molecule has 8 heteroatoms. The molecule has 0 radical (unpaired) electrons. The molecule has 0 spiro atoms. The first-order chi connectivity index (χ1) is 12.5. The van der Waals surface area contributed by atoms with Crippen LogP contribution in [0.1, 0.15) is 23.2 Å². The predicted octanol–water partition coefficient (Wildman–Crippen LogP) is 1.80. The van der Waals surface area contributed by atoms with E-state index in [0.29, 0.717) is 36.8 Å². The summed E-state index contributed by atoms with van der Waals surface area (Å²) in [6, 6.07) is 6.65. The van der Waals surface area contributed by atoms with Crippen LogP contribution in [0.4, 0.5) is 4.79 Å². The fraction of sp³-hybridized carbons (Fsp3) is 0.500. The van der Waals surface area contributed by atoms with Gasteiger partial charge in [0, 0.05) is 62.7 Å². The lowest BCUT2D eigenvalue weighted by atomic mass is 10.1. The molecule has 0 aliphatic carbocycles. The molecule has 1 aliphatic rings. The van der Waals surface area contributed by atoms with Crippen LogP contribution in [0.25, 0.3) is 0 Å². The minimum Gasteiger partial charge on any atom is -0.453 e. The van der Waals surface area contributed by atoms with Crippen molar-refractivity contribution in [2.75, 3.05) is 46.4 Å². The van der Waals surface area contributed by atoms with E-state index in [1.54, 1.807) is 29.2 Å². The molecule has 1 fully saturated rings. The highest BCUT2D eigenvalue weighted by Crippen LogP contribution is 2.11. The number of ether oxygens (including phenoxy) is 1. The van der Waals surface area contributed by atoms with E-state index in [9.17, 15) is 14.4 Å². The monoisotopic (exact) mass is 381 g/mol. The van der Waals surface area contributed by atoms with Crippen molar-refractivity contribution in [1.29, 1.82) is 0 Å². The second kappa shape index (κ2) is 10.1. The highest BCUT2D eigenvalue weighted by atomic mass is 35.5. The number of carbonyl (C=O) groups is 3. The lowest BCUT2D eigenvalue weighted by molar-refractivity contribution is -0.121. The van der Waals surface area contributed by atoms with E-state index in [4.69, 9.17) is 16.3 Å². The summed E-state index contributed by atoms with van der Waals surface area (Å²) in [7, 11) is 1.38. The maximum atomic E-state index is 12.0. The number of amides is 2. The number of methoxy groups -OCH3 is 1. The molecule has 1 N–H and O–H groups in total. The topological polar surface area (TPSA) is 79.0 Å². The Hall–Kier alpha value is -2.12. The lowest BCUT2D eigenvalue weighted by Crippen LogP contribution is -2.50. The number of benzene rings is 1. The fourth-order valence-electron chi connectivity index (χ4n) is 2.73. The quantitative estimate of drug-likeness (QED) is 0.728. The van der Waals surface area contributed by atoms with Crippen molar-refractivity contribution in [2.45, 2.75) is 12.8 Å². The Morgan fingerprint density at radius 3 is 2.35 bits per heavy atom. The average molecular weight is 382 g/mol. The van der Waals surface area contributed by atoms with E-state index in [1.807, 2.05) is 0 Å². The van der Waals surface area contributed by atoms with Crippen molar-refractivity contribution in [2.24, 2.45) is 0 Å². The van der Waals surface area contributed by atoms with Crippen LogP contribution in [-0.4, -0.2) is 74.0 Å². The number of nitrogens with zero attached hydrogens (tertiary/aromatic N) is 2. The SMILES string of the molecule is COC(=O)N1CCN(CCNC(=O)CCC(=O)c2ccc(Cl)cc2)CC1. The molecule has 0 unspecified atom stereocenters. The molecule has 0 bridgehead atoms. The normalized spacial score (nSPS) is 14.8. The Morgan fingerprint density at radius 2 is 1.73 bits per heavy atom. The van der Waals surface area contributed by atoms with Crippen LogP contribution in [0.15, 0.2) is 24.3 Å². The predicted molar refractivity (Wildman–Crippen MR) is 98.4 cm³/mol. The van der Waals surface area contributed by atoms with E-state index >= 15 is 0 Å². The fourth-order valence-corrected chi connectivity index (χ4v) is 2.86. The smallest absolute Gasteiger partial charge is 0.409 e. The number of halogens is 1. The van der Waals surface area contributed by atoms with Gasteiger partial charge in [-0.2, -0.15) is 0 Å². The van der Waals surface area contributed by atoms with Crippen LogP contribution in [0.5, 0.6) is 0 Å². The van der Waals surface area contributed by atoms with Gasteiger partial charge in [-0.05, 0) is 24.3 Å². The number of hydrogen-bond acceptors (Lipinski definition) is 5. The summed E-state index contributed by atoms with van der Waals surface area (Å²) < 4.78 is 4.70. The van der Waals surface area contributed by atoms with E-state index in [1.165, 1.54) is 7.11 Å². The van der Waals surface area contributed by atoms with Gasteiger partial charge in [-0.15, -0.1) is 0 Å². The first kappa shape index (κ1) is 20.2. The number of carbonyl (C=O) groups excluding carboxylic acids is 3. The van der Waals surface area contributed by atoms with Crippen molar-refractivity contribution in [3.05, 3.63) is 34.9 Å². The van der Waals surface area contributed by atoms with Crippen molar-refractivity contribution in [3.63, 3.8) is 0 Å². The van der Waals surface area contributed by atoms with Crippen LogP contribution in [0, 0.1) is 0 Å². The van der Waals surface area contributed by atoms with Gasteiger partial charge in [0.25, 0.3) is 0 Å². The highest BCUT2D eigenvalue weighted by molar-refractivity contribution is 6.30. The van der Waals surface area contributed by atoms with Crippen LogP contribution in [0.3, 0.4) is 0 Å². The summed E-state index contributed by atoms with van der Waals surface area (Å²) in [4.78, 5) is 39.2. The van der Waals surface area contributed by atoms with E-state index < -0.39 is 0 Å². The van der Waals surface area contributed by atoms with Gasteiger partial charge in [0.05, 0.1) is 7.11 Å². The minimum absolute atomic E-state index is 0.0734. The van der Waals surface area contributed by atoms with Crippen molar-refractivity contribution in [1.82, 2.24) is 15.1 Å². The van der Waals surface area contributed by atoms with Gasteiger partial charge in [-0.25, -0.2) is 4.79 Å². The summed E-state index contributed by atoms with van der Waals surface area (Å²) in [5, 5.41) is 3.41. The Bertz CT molecular complexity index is 628. The summed E-state index contributed by atoms with van der Waals surface area (Å²) in [6.07, 6.45) is 0.0337. The zero-order valence-electron chi connectivity index (χ0n) is 14.9. The van der Waals surface area contributed by atoms with Crippen molar-refractivity contribution in [3.8, 4) is 0 Å². The summed E-state index contributed by atoms with van der Waals surface area (Å²) >= 11 is 5.79. The molecule has 0 saturated carbocycles. The average Bonchev–Trinajstić information content (AvgIpc) is 2.66. The molecule has 2 amide bonds. The zero-order valence-corrected chi connectivity index (χ0v) is 15.6. The number of ketones is 1. The summed E-state index contributed by atoms with van der Waals surface area (Å²) in [5.41, 5.74) is 0.561. The van der Waals surface area contributed by atoms with Crippen molar-refractivity contribution >= 4 is 29.4 Å². The molecule has 1 aromatic rings. The second-order valence-electron chi connectivity index (χ2n) is 6.08. The maximum absolute atomic E-state index is 12.0. The Labute approximate surface area is 158 Å². The summed E-state index contributed by atoms with van der Waals surface area (Å²) in [6.45, 7) is 3.98. The molecule has 1 heterocycles. The molecule has 1 aliphatic heterocycles. The molecule has 1 saturated heterocycles. The van der Waals surface area contributed by atoms with Gasteiger partial charge in [0.15, 0.2) is 5.78 Å². The number of hydrogen-bond donors (Lipinski definition) is 1. The molecule has 142 valence electrons. The molecule has 1 aromatic carbocycles. The third kappa shape index (κ3) is 6.31. The molecule has 7 nitrogen and oxygen atoms in total. The number of Topliss-reactive ketones (excluding diaryl/α,β-unsaturated/α-hetero) is 1. The van der Waals surface area contributed by atoms with Gasteiger partial charge < -0.3 is 15.0 Å². The van der Waals surface area contributed by atoms with E-state index in [0.717, 1.165) is 13.1 Å². The Morgan fingerprint density at radius 1 is 1.08 bits per heavy atom. The van der Waals surface area contributed by atoms with E-state index in [-0.39, 0.29) is 30.6 Å². The second-order valence-corrected chi connectivity index (χ2v) is 6.52. The van der Waals surface area contributed by atoms with Crippen LogP contribution in [-0.2, 0) is 9.53 Å². The van der Waals surface area contributed by atoms with Gasteiger partial charge in [0.2, 0.25) is 5.91 Å². The van der Waals surface area contributed by atoms with E-state index in [2.05, 4.69) is 10.2 Å². The molecular formula is C18H24ClN3O4. The van der Waals surface area contributed by atoms with Gasteiger partial charge in [-0.3, -0.25) is 14.5 Å². The van der Waals surface area contributed by atoms with Gasteiger partial charge in [0.1, 0.15) is 0 Å². The van der Waals surface area contributed by atoms with Crippen LogP contribution < -0.4 is 5.32 Å². The molecule has 2 rings (SSSR count). The van der Waals surface area contributed by atoms with Crippen LogP contribution >= 0.6 is 11.6 Å². The highest BCUT2D eigenvalue weighted by Gasteiger charge is 2.21. The molecule has 26 heavy (non-hydrogen) atoms. The van der Waals surface area contributed by atoms with Gasteiger partial charge >= 0.3 is 6.09 Å². The van der Waals surface area contributed by atoms with Crippen molar-refractivity contribution < 1.29 is 19.1 Å². The Balaban J connectivity index is 1.60. The number of piperazine rings is 1. The third-order valence-corrected chi connectivity index (χ3v) is 4.55. The molecule has 0 atom stereocenters. The maximum Gasteiger partial charge on any atom is 0.409 e. The number of nitrogens with one attached hydrogen (secondary N) is 1. The number of rotatable bonds is 7. The van der Waals surface area contributed by atoms with Gasteiger partial charge in [-0.1, -0.05) is 11.6 Å². The first-order valence-electron chi connectivity index (χ1n) is 8.60. The zero-order chi connectivity index (χ0) is 18.9. The third-order valence-electron chi connectivity index (χ3n) is 4.30. The molecular weight excluding hydrogens is 358 g/mol. The standard InChI is InChI=1S/C18H24ClN3O4/c1-26-18(25)22-12-10-21(11-13-22)9-8-20-17(24)7-6-16(23)14-2-4-15(19)5-3-14/h2-5H,6-13H2,1H3,(H,20,24). The molecule has 0 aromatic heterocycles. The summed E-state index contributed by atoms with van der Waals surface area (Å²) in [5.74, 6) is -0.212. The first-order valence-corrected chi connectivity index (χ1v) is 8.98.